The Morgan fingerprint density at radius 1 is 1.17 bits per heavy atom. The molecule has 0 aliphatic carbocycles. The van der Waals surface area contributed by atoms with Gasteiger partial charge in [-0.3, -0.25) is 9.69 Å². The van der Waals surface area contributed by atoms with Gasteiger partial charge in [0.25, 0.3) is 5.91 Å². The van der Waals surface area contributed by atoms with Crippen LogP contribution in [0.3, 0.4) is 0 Å². The summed E-state index contributed by atoms with van der Waals surface area (Å²) in [5.74, 6) is 0.139. The third kappa shape index (κ3) is 3.49. The summed E-state index contributed by atoms with van der Waals surface area (Å²) in [6.45, 7) is 9.11. The summed E-state index contributed by atoms with van der Waals surface area (Å²) in [6.07, 6.45) is 2.88. The number of benzene rings is 2. The number of hydrogen-bond donors (Lipinski definition) is 1. The highest BCUT2D eigenvalue weighted by molar-refractivity contribution is 6.14. The minimum atomic E-state index is -0.374. The van der Waals surface area contributed by atoms with Gasteiger partial charge in [-0.25, -0.2) is 4.79 Å². The van der Waals surface area contributed by atoms with E-state index in [0.29, 0.717) is 11.6 Å². The normalized spacial score (nSPS) is 21.8. The summed E-state index contributed by atoms with van der Waals surface area (Å²) in [7, 11) is 2.14. The zero-order chi connectivity index (χ0) is 21.6. The molecule has 156 valence electrons. The second-order valence-corrected chi connectivity index (χ2v) is 9.11. The van der Waals surface area contributed by atoms with Gasteiger partial charge in [0.15, 0.2) is 0 Å². The Balaban J connectivity index is 1.65. The number of urea groups is 1. The lowest BCUT2D eigenvalue weighted by molar-refractivity contribution is -0.123. The molecule has 0 bridgehead atoms. The van der Waals surface area contributed by atoms with Gasteiger partial charge in [-0.15, -0.1) is 0 Å². The minimum Gasteiger partial charge on any atom is -0.369 e. The Bertz CT molecular complexity index is 1040. The number of aryl methyl sites for hydroxylation is 1. The first-order valence-corrected chi connectivity index (χ1v) is 10.4. The van der Waals surface area contributed by atoms with Crippen LogP contribution in [0.4, 0.5) is 10.5 Å². The van der Waals surface area contributed by atoms with Crippen LogP contribution in [0.1, 0.15) is 55.4 Å². The van der Waals surface area contributed by atoms with Crippen molar-refractivity contribution >= 4 is 23.7 Å². The highest BCUT2D eigenvalue weighted by atomic mass is 16.2. The Morgan fingerprint density at radius 2 is 1.87 bits per heavy atom. The van der Waals surface area contributed by atoms with E-state index in [1.165, 1.54) is 16.2 Å². The molecule has 2 aromatic rings. The molecule has 1 fully saturated rings. The van der Waals surface area contributed by atoms with Gasteiger partial charge in [-0.2, -0.15) is 0 Å². The van der Waals surface area contributed by atoms with Crippen LogP contribution in [0, 0.1) is 6.92 Å². The van der Waals surface area contributed by atoms with Crippen molar-refractivity contribution in [1.29, 1.82) is 0 Å². The smallest absolute Gasteiger partial charge is 0.329 e. The topological polar surface area (TPSA) is 52.7 Å². The highest BCUT2D eigenvalue weighted by Gasteiger charge is 2.36. The quantitative estimate of drug-likeness (QED) is 0.591. The van der Waals surface area contributed by atoms with E-state index in [4.69, 9.17) is 0 Å². The molecule has 30 heavy (non-hydrogen) atoms. The van der Waals surface area contributed by atoms with Gasteiger partial charge in [-0.05, 0) is 73.6 Å². The van der Waals surface area contributed by atoms with Crippen LogP contribution in [-0.4, -0.2) is 29.4 Å². The number of hydrogen-bond acceptors (Lipinski definition) is 3. The summed E-state index contributed by atoms with van der Waals surface area (Å²) < 4.78 is 0. The average molecular weight is 404 g/mol. The molecule has 0 aromatic heterocycles. The number of nitrogens with one attached hydrogen (secondary N) is 1. The second kappa shape index (κ2) is 7.31. The largest absolute Gasteiger partial charge is 0.369 e. The van der Waals surface area contributed by atoms with Crippen molar-refractivity contribution < 1.29 is 9.59 Å². The molecule has 2 aliphatic heterocycles. The van der Waals surface area contributed by atoms with Gasteiger partial charge in [0.05, 0.1) is 6.54 Å². The minimum absolute atomic E-state index is 0.103. The molecule has 0 spiro atoms. The molecule has 0 radical (unpaired) electrons. The maximum atomic E-state index is 12.9. The molecule has 2 aliphatic rings. The molecule has 2 heterocycles. The number of rotatable bonds is 3. The molecular formula is C25H29N3O2. The second-order valence-electron chi connectivity index (χ2n) is 9.11. The SMILES string of the molecule is Cc1cc2c(cc1/C=C1\NC(=O)N(Cc3ccccc3)C1=O)C(C)CC(C)(C)N2C. The van der Waals surface area contributed by atoms with Crippen molar-refractivity contribution in [2.24, 2.45) is 0 Å². The Morgan fingerprint density at radius 3 is 2.57 bits per heavy atom. The number of carbonyl (C=O) groups excluding carboxylic acids is 2. The van der Waals surface area contributed by atoms with E-state index in [9.17, 15) is 9.59 Å². The van der Waals surface area contributed by atoms with Gasteiger partial charge >= 0.3 is 6.03 Å². The van der Waals surface area contributed by atoms with Gasteiger partial charge in [-0.1, -0.05) is 37.3 Å². The molecule has 3 amide bonds. The summed E-state index contributed by atoms with van der Waals surface area (Å²) in [5.41, 5.74) is 5.94. The first kappa shape index (κ1) is 20.2. The van der Waals surface area contributed by atoms with Crippen molar-refractivity contribution in [2.75, 3.05) is 11.9 Å². The molecule has 1 N–H and O–H groups in total. The number of imide groups is 1. The van der Waals surface area contributed by atoms with E-state index < -0.39 is 0 Å². The number of anilines is 1. The fourth-order valence-electron chi connectivity index (χ4n) is 4.53. The van der Waals surface area contributed by atoms with Crippen LogP contribution in [0.5, 0.6) is 0 Å². The van der Waals surface area contributed by atoms with E-state index in [1.54, 1.807) is 0 Å². The molecule has 2 aromatic carbocycles. The third-order valence-corrected chi connectivity index (χ3v) is 6.47. The number of amides is 3. The first-order chi connectivity index (χ1) is 14.2. The molecule has 1 saturated heterocycles. The molecule has 1 atom stereocenters. The maximum Gasteiger partial charge on any atom is 0.329 e. The molecule has 1 unspecified atom stereocenters. The molecule has 4 rings (SSSR count). The highest BCUT2D eigenvalue weighted by Crippen LogP contribution is 2.43. The lowest BCUT2D eigenvalue weighted by atomic mass is 9.79. The Kier molecular flexibility index (Phi) is 4.92. The molecular weight excluding hydrogens is 374 g/mol. The van der Waals surface area contributed by atoms with Crippen LogP contribution in [-0.2, 0) is 11.3 Å². The van der Waals surface area contributed by atoms with Gasteiger partial charge < -0.3 is 10.2 Å². The first-order valence-electron chi connectivity index (χ1n) is 10.4. The van der Waals surface area contributed by atoms with Crippen LogP contribution < -0.4 is 10.2 Å². The van der Waals surface area contributed by atoms with E-state index in [2.05, 4.69) is 57.1 Å². The zero-order valence-corrected chi connectivity index (χ0v) is 18.3. The van der Waals surface area contributed by atoms with E-state index in [0.717, 1.165) is 23.1 Å². The number of carbonyl (C=O) groups is 2. The summed E-state index contributed by atoms with van der Waals surface area (Å²) >= 11 is 0. The lowest BCUT2D eigenvalue weighted by Gasteiger charge is -2.45. The number of nitrogens with zero attached hydrogens (tertiary/aromatic N) is 2. The Hall–Kier alpha value is -3.08. The summed E-state index contributed by atoms with van der Waals surface area (Å²) in [5, 5.41) is 2.75. The average Bonchev–Trinajstić information content (AvgIpc) is 2.95. The van der Waals surface area contributed by atoms with Gasteiger partial charge in [0.1, 0.15) is 5.70 Å². The van der Waals surface area contributed by atoms with E-state index in [1.807, 2.05) is 36.4 Å². The van der Waals surface area contributed by atoms with Crippen LogP contribution in [0.25, 0.3) is 6.08 Å². The van der Waals surface area contributed by atoms with Crippen LogP contribution >= 0.6 is 0 Å². The van der Waals surface area contributed by atoms with Crippen molar-refractivity contribution in [3.63, 3.8) is 0 Å². The fourth-order valence-corrected chi connectivity index (χ4v) is 4.53. The molecule has 5 heteroatoms. The van der Waals surface area contributed by atoms with Crippen molar-refractivity contribution in [3.05, 3.63) is 70.4 Å². The van der Waals surface area contributed by atoms with Crippen LogP contribution in [0.2, 0.25) is 0 Å². The fraction of sp³-hybridized carbons (Fsp3) is 0.360. The van der Waals surface area contributed by atoms with Crippen molar-refractivity contribution in [1.82, 2.24) is 10.2 Å². The predicted molar refractivity (Wildman–Crippen MR) is 120 cm³/mol. The standard InChI is InChI=1S/C25H29N3O2/c1-16-11-22-20(17(2)14-25(3,4)27(22)5)12-19(16)13-21-23(29)28(24(30)26-21)15-18-9-7-6-8-10-18/h6-13,17H,14-15H2,1-5H3,(H,26,30)/b21-13-. The van der Waals surface area contributed by atoms with Crippen molar-refractivity contribution in [3.8, 4) is 0 Å². The molecule has 0 saturated carbocycles. The molecule has 5 nitrogen and oxygen atoms in total. The zero-order valence-electron chi connectivity index (χ0n) is 18.3. The predicted octanol–water partition coefficient (Wildman–Crippen LogP) is 4.81. The monoisotopic (exact) mass is 403 g/mol. The van der Waals surface area contributed by atoms with Gasteiger partial charge in [0.2, 0.25) is 0 Å². The summed E-state index contributed by atoms with van der Waals surface area (Å²) in [4.78, 5) is 28.9. The third-order valence-electron chi connectivity index (χ3n) is 6.47. The Labute approximate surface area is 178 Å². The van der Waals surface area contributed by atoms with Gasteiger partial charge in [0, 0.05) is 18.3 Å². The number of fused-ring (bicyclic) bond motifs is 1. The van der Waals surface area contributed by atoms with Crippen molar-refractivity contribution in [2.45, 2.75) is 52.1 Å². The van der Waals surface area contributed by atoms with E-state index in [-0.39, 0.29) is 24.0 Å². The van der Waals surface area contributed by atoms with E-state index >= 15 is 0 Å². The lowest BCUT2D eigenvalue weighted by Crippen LogP contribution is -2.45. The van der Waals surface area contributed by atoms with Crippen LogP contribution in [0.15, 0.2) is 48.2 Å². The maximum absolute atomic E-state index is 12.9. The summed E-state index contributed by atoms with van der Waals surface area (Å²) in [6, 6.07) is 13.5.